The molecule has 5 heteroatoms. The van der Waals surface area contributed by atoms with Gasteiger partial charge in [-0.05, 0) is 42.5 Å². The summed E-state index contributed by atoms with van der Waals surface area (Å²) in [5, 5.41) is 0. The molecule has 2 rings (SSSR count). The lowest BCUT2D eigenvalue weighted by Gasteiger charge is -2.36. The van der Waals surface area contributed by atoms with Gasteiger partial charge in [0.25, 0.3) is 0 Å². The van der Waals surface area contributed by atoms with E-state index in [1.54, 1.807) is 19.9 Å². The van der Waals surface area contributed by atoms with Crippen LogP contribution in [0.2, 0.25) is 0 Å². The zero-order valence-corrected chi connectivity index (χ0v) is 15.2. The maximum Gasteiger partial charge on any atom is 0.416 e. The van der Waals surface area contributed by atoms with Gasteiger partial charge in [-0.1, -0.05) is 33.8 Å². The quantitative estimate of drug-likeness (QED) is 0.743. The zero-order chi connectivity index (χ0) is 17.9. The highest BCUT2D eigenvalue weighted by atomic mass is 19.4. The number of hydrogen-bond donors (Lipinski definition) is 0. The molecule has 0 saturated carbocycles. The van der Waals surface area contributed by atoms with E-state index in [4.69, 9.17) is 0 Å². The Bertz CT molecular complexity index is 530. The molecule has 0 radical (unpaired) electrons. The minimum atomic E-state index is -4.30. The van der Waals surface area contributed by atoms with Gasteiger partial charge in [-0.3, -0.25) is 4.90 Å². The summed E-state index contributed by atoms with van der Waals surface area (Å²) in [6, 6.07) is 4.82. The topological polar surface area (TPSA) is 6.48 Å². The molecular formula is C19H29F3N2. The molecule has 0 spiro atoms. The van der Waals surface area contributed by atoms with Gasteiger partial charge in [0, 0.05) is 31.9 Å². The molecule has 1 fully saturated rings. The van der Waals surface area contributed by atoms with Gasteiger partial charge in [-0.25, -0.2) is 0 Å². The average Bonchev–Trinajstić information content (AvgIpc) is 2.52. The summed E-state index contributed by atoms with van der Waals surface area (Å²) in [6.07, 6.45) is -3.13. The van der Waals surface area contributed by atoms with E-state index in [1.807, 2.05) is 6.07 Å². The van der Waals surface area contributed by atoms with Crippen LogP contribution < -0.4 is 4.90 Å². The largest absolute Gasteiger partial charge is 0.416 e. The Morgan fingerprint density at radius 2 is 1.62 bits per heavy atom. The van der Waals surface area contributed by atoms with Gasteiger partial charge in [0.15, 0.2) is 0 Å². The van der Waals surface area contributed by atoms with Crippen LogP contribution in [0.5, 0.6) is 0 Å². The van der Waals surface area contributed by atoms with Crippen LogP contribution in [0, 0.1) is 5.92 Å². The van der Waals surface area contributed by atoms with E-state index in [9.17, 15) is 13.2 Å². The smallest absolute Gasteiger partial charge is 0.369 e. The Balaban J connectivity index is 2.08. The van der Waals surface area contributed by atoms with Crippen LogP contribution in [-0.2, 0) is 6.18 Å². The summed E-state index contributed by atoms with van der Waals surface area (Å²) in [5.41, 5.74) is 0.578. The van der Waals surface area contributed by atoms with E-state index in [-0.39, 0.29) is 5.92 Å². The molecule has 1 aliphatic rings. The number of piperazine rings is 1. The van der Waals surface area contributed by atoms with E-state index in [1.165, 1.54) is 12.5 Å². The fourth-order valence-electron chi connectivity index (χ4n) is 3.16. The van der Waals surface area contributed by atoms with Crippen LogP contribution in [0.1, 0.15) is 51.2 Å². The Morgan fingerprint density at radius 1 is 1.00 bits per heavy atom. The predicted octanol–water partition coefficient (Wildman–Crippen LogP) is 5.00. The average molecular weight is 342 g/mol. The standard InChI is InChI=1S/C19H29F3N2/c1-14(2)7-8-23-9-11-24(12-10-23)16-5-6-17(15(3)4)18(13-16)19(20,21)22/h5-6,13-15H,7-12H2,1-4H3. The number of anilines is 1. The van der Waals surface area contributed by atoms with Crippen molar-refractivity contribution < 1.29 is 13.2 Å². The number of alkyl halides is 3. The highest BCUT2D eigenvalue weighted by Gasteiger charge is 2.34. The third kappa shape index (κ3) is 4.88. The van der Waals surface area contributed by atoms with Crippen molar-refractivity contribution >= 4 is 5.69 Å². The maximum atomic E-state index is 13.4. The third-order valence-corrected chi connectivity index (χ3v) is 4.72. The molecule has 0 unspecified atom stereocenters. The SMILES string of the molecule is CC(C)CCN1CCN(c2ccc(C(C)C)c(C(F)(F)F)c2)CC1. The van der Waals surface area contributed by atoms with Crippen LogP contribution in [0.3, 0.4) is 0 Å². The molecule has 24 heavy (non-hydrogen) atoms. The molecule has 1 saturated heterocycles. The fourth-order valence-corrected chi connectivity index (χ4v) is 3.16. The summed E-state index contributed by atoms with van der Waals surface area (Å²) in [4.78, 5) is 4.48. The third-order valence-electron chi connectivity index (χ3n) is 4.72. The lowest BCUT2D eigenvalue weighted by molar-refractivity contribution is -0.138. The molecule has 0 N–H and O–H groups in total. The number of hydrogen-bond acceptors (Lipinski definition) is 2. The fraction of sp³-hybridized carbons (Fsp3) is 0.684. The van der Waals surface area contributed by atoms with Crippen LogP contribution in [0.15, 0.2) is 18.2 Å². The van der Waals surface area contributed by atoms with Crippen LogP contribution in [0.4, 0.5) is 18.9 Å². The number of benzene rings is 1. The normalized spacial score (nSPS) is 17.1. The van der Waals surface area contributed by atoms with E-state index < -0.39 is 11.7 Å². The molecule has 0 aromatic heterocycles. The minimum Gasteiger partial charge on any atom is -0.369 e. The van der Waals surface area contributed by atoms with Gasteiger partial charge in [0.1, 0.15) is 0 Å². The van der Waals surface area contributed by atoms with Crippen LogP contribution in [0.25, 0.3) is 0 Å². The second kappa shape index (κ2) is 7.77. The van der Waals surface area contributed by atoms with Crippen molar-refractivity contribution in [2.24, 2.45) is 5.92 Å². The Labute approximate surface area is 143 Å². The summed E-state index contributed by atoms with van der Waals surface area (Å²) in [7, 11) is 0. The van der Waals surface area contributed by atoms with Crippen molar-refractivity contribution in [1.82, 2.24) is 4.90 Å². The minimum absolute atomic E-state index is 0.136. The Hall–Kier alpha value is -1.23. The summed E-state index contributed by atoms with van der Waals surface area (Å²) < 4.78 is 40.1. The molecule has 0 bridgehead atoms. The van der Waals surface area contributed by atoms with E-state index in [0.29, 0.717) is 17.2 Å². The Kier molecular flexibility index (Phi) is 6.18. The van der Waals surface area contributed by atoms with Crippen molar-refractivity contribution in [3.05, 3.63) is 29.3 Å². The van der Waals surface area contributed by atoms with Gasteiger partial charge in [0.2, 0.25) is 0 Å². The summed E-state index contributed by atoms with van der Waals surface area (Å²) >= 11 is 0. The first kappa shape index (κ1) is 19.1. The summed E-state index contributed by atoms with van der Waals surface area (Å²) in [6.45, 7) is 12.5. The first-order chi connectivity index (χ1) is 11.2. The van der Waals surface area contributed by atoms with Crippen molar-refractivity contribution in [3.8, 4) is 0 Å². The highest BCUT2D eigenvalue weighted by molar-refractivity contribution is 5.53. The van der Waals surface area contributed by atoms with Gasteiger partial charge >= 0.3 is 6.18 Å². The van der Waals surface area contributed by atoms with Gasteiger partial charge in [0.05, 0.1) is 5.56 Å². The summed E-state index contributed by atoms with van der Waals surface area (Å²) in [5.74, 6) is 0.546. The molecule has 1 aliphatic heterocycles. The van der Waals surface area contributed by atoms with Crippen molar-refractivity contribution in [3.63, 3.8) is 0 Å². The van der Waals surface area contributed by atoms with E-state index in [0.717, 1.165) is 32.7 Å². The van der Waals surface area contributed by atoms with Crippen LogP contribution >= 0.6 is 0 Å². The van der Waals surface area contributed by atoms with Crippen LogP contribution in [-0.4, -0.2) is 37.6 Å². The van der Waals surface area contributed by atoms with Crippen molar-refractivity contribution in [2.75, 3.05) is 37.6 Å². The maximum absolute atomic E-state index is 13.4. The number of halogens is 3. The van der Waals surface area contributed by atoms with Crippen molar-refractivity contribution in [2.45, 2.75) is 46.2 Å². The first-order valence-electron chi connectivity index (χ1n) is 8.87. The lowest BCUT2D eigenvalue weighted by Crippen LogP contribution is -2.46. The lowest BCUT2D eigenvalue weighted by atomic mass is 9.96. The predicted molar refractivity (Wildman–Crippen MR) is 93.6 cm³/mol. The monoisotopic (exact) mass is 342 g/mol. The first-order valence-corrected chi connectivity index (χ1v) is 8.87. The molecule has 0 amide bonds. The second-order valence-electron chi connectivity index (χ2n) is 7.44. The van der Waals surface area contributed by atoms with Gasteiger partial charge in [-0.15, -0.1) is 0 Å². The van der Waals surface area contributed by atoms with Gasteiger partial charge < -0.3 is 4.90 Å². The second-order valence-corrected chi connectivity index (χ2v) is 7.44. The molecule has 0 atom stereocenters. The zero-order valence-electron chi connectivity index (χ0n) is 15.2. The molecule has 2 nitrogen and oxygen atoms in total. The highest BCUT2D eigenvalue weighted by Crippen LogP contribution is 2.37. The molecular weight excluding hydrogens is 313 g/mol. The molecule has 136 valence electrons. The number of nitrogens with zero attached hydrogens (tertiary/aromatic N) is 2. The van der Waals surface area contributed by atoms with Crippen molar-refractivity contribution in [1.29, 1.82) is 0 Å². The van der Waals surface area contributed by atoms with Gasteiger partial charge in [-0.2, -0.15) is 13.2 Å². The molecule has 1 aromatic rings. The number of rotatable bonds is 5. The van der Waals surface area contributed by atoms with E-state index >= 15 is 0 Å². The molecule has 1 aromatic carbocycles. The molecule has 1 heterocycles. The Morgan fingerprint density at radius 3 is 2.12 bits per heavy atom. The van der Waals surface area contributed by atoms with E-state index in [2.05, 4.69) is 23.6 Å². The molecule has 0 aliphatic carbocycles.